The summed E-state index contributed by atoms with van der Waals surface area (Å²) in [5.41, 5.74) is 0.657. The second kappa shape index (κ2) is 8.83. The molecule has 1 amide bonds. The fraction of sp³-hybridized carbons (Fsp3) is 0.652. The molecule has 2 fully saturated rings. The van der Waals surface area contributed by atoms with Gasteiger partial charge in [-0.25, -0.2) is 0 Å². The standard InChI is InChI=1S/C23H32N4O3/c1-18(22(28)25(2)23(16-24)8-4-3-5-9-23)27-12-10-26(11-13-27)15-19-6-7-20-21(14-19)30-17-29-20/h6-7,14,18H,3-5,8-13,15,17H2,1-2H3/p+2/t18-/m1/s1. The second-order valence-corrected chi connectivity index (χ2v) is 9.10. The number of ether oxygens (including phenoxy) is 2. The van der Waals surface area contributed by atoms with E-state index in [1.165, 1.54) is 21.8 Å². The van der Waals surface area contributed by atoms with Crippen LogP contribution in [0.1, 0.15) is 44.6 Å². The van der Waals surface area contributed by atoms with Crippen LogP contribution in [0, 0.1) is 11.3 Å². The first-order chi connectivity index (χ1) is 14.5. The van der Waals surface area contributed by atoms with Gasteiger partial charge in [0.15, 0.2) is 17.5 Å². The van der Waals surface area contributed by atoms with E-state index >= 15 is 0 Å². The van der Waals surface area contributed by atoms with Crippen LogP contribution in [-0.4, -0.2) is 62.4 Å². The molecule has 2 heterocycles. The smallest absolute Gasteiger partial charge is 0.281 e. The van der Waals surface area contributed by atoms with E-state index in [1.807, 2.05) is 20.0 Å². The van der Waals surface area contributed by atoms with Crippen molar-refractivity contribution in [2.45, 2.75) is 57.2 Å². The molecule has 1 saturated carbocycles. The van der Waals surface area contributed by atoms with Gasteiger partial charge in [0.05, 0.1) is 6.07 Å². The van der Waals surface area contributed by atoms with Crippen molar-refractivity contribution in [3.63, 3.8) is 0 Å². The molecule has 1 saturated heterocycles. The predicted octanol–water partition coefficient (Wildman–Crippen LogP) is -0.228. The molecule has 1 aromatic rings. The summed E-state index contributed by atoms with van der Waals surface area (Å²) in [7, 11) is 1.84. The lowest BCUT2D eigenvalue weighted by atomic mass is 9.81. The number of nitrogens with zero attached hydrogens (tertiary/aromatic N) is 2. The van der Waals surface area contributed by atoms with Gasteiger partial charge in [0.2, 0.25) is 6.79 Å². The molecule has 3 aliphatic rings. The van der Waals surface area contributed by atoms with E-state index in [1.54, 1.807) is 4.90 Å². The molecule has 162 valence electrons. The largest absolute Gasteiger partial charge is 0.454 e. The molecule has 1 atom stereocenters. The number of quaternary nitrogens is 2. The summed E-state index contributed by atoms with van der Waals surface area (Å²) in [5.74, 6) is 1.79. The molecule has 30 heavy (non-hydrogen) atoms. The third-order valence-corrected chi connectivity index (χ3v) is 7.33. The number of hydrogen-bond donors (Lipinski definition) is 2. The third-order valence-electron chi connectivity index (χ3n) is 7.33. The number of amides is 1. The fourth-order valence-corrected chi connectivity index (χ4v) is 5.21. The summed E-state index contributed by atoms with van der Waals surface area (Å²) in [5, 5.41) is 9.82. The number of nitriles is 1. The highest BCUT2D eigenvalue weighted by molar-refractivity contribution is 5.81. The molecule has 2 aliphatic heterocycles. The molecule has 0 bridgehead atoms. The Kier molecular flexibility index (Phi) is 6.16. The predicted molar refractivity (Wildman–Crippen MR) is 111 cm³/mol. The monoisotopic (exact) mass is 414 g/mol. The molecular formula is C23H34N4O3+2. The minimum absolute atomic E-state index is 0.103. The average molecular weight is 415 g/mol. The summed E-state index contributed by atoms with van der Waals surface area (Å²) < 4.78 is 10.9. The van der Waals surface area contributed by atoms with Gasteiger partial charge in [0.25, 0.3) is 5.91 Å². The van der Waals surface area contributed by atoms with Crippen LogP contribution in [0.15, 0.2) is 18.2 Å². The van der Waals surface area contributed by atoms with E-state index in [9.17, 15) is 10.1 Å². The Morgan fingerprint density at radius 2 is 1.87 bits per heavy atom. The van der Waals surface area contributed by atoms with Gasteiger partial charge in [-0.05, 0) is 38.0 Å². The second-order valence-electron chi connectivity index (χ2n) is 9.10. The molecule has 7 nitrogen and oxygen atoms in total. The van der Waals surface area contributed by atoms with Crippen LogP contribution in [0.25, 0.3) is 0 Å². The van der Waals surface area contributed by atoms with Crippen LogP contribution in [0.3, 0.4) is 0 Å². The van der Waals surface area contributed by atoms with Crippen LogP contribution < -0.4 is 19.3 Å². The number of benzene rings is 1. The average Bonchev–Trinajstić information content (AvgIpc) is 3.26. The molecule has 1 aromatic carbocycles. The van der Waals surface area contributed by atoms with Crippen molar-refractivity contribution in [2.75, 3.05) is 40.0 Å². The quantitative estimate of drug-likeness (QED) is 0.699. The van der Waals surface area contributed by atoms with Crippen molar-refractivity contribution >= 4 is 5.91 Å². The van der Waals surface area contributed by atoms with E-state index in [4.69, 9.17) is 9.47 Å². The lowest BCUT2D eigenvalue weighted by molar-refractivity contribution is -1.02. The van der Waals surface area contributed by atoms with E-state index < -0.39 is 5.54 Å². The zero-order valence-corrected chi connectivity index (χ0v) is 18.2. The lowest BCUT2D eigenvalue weighted by Gasteiger charge is -2.41. The first kappa shape index (κ1) is 21.0. The Hall–Kier alpha value is -2.30. The van der Waals surface area contributed by atoms with Crippen molar-refractivity contribution in [1.82, 2.24) is 4.90 Å². The summed E-state index contributed by atoms with van der Waals surface area (Å²) in [6.45, 7) is 7.32. The number of piperazine rings is 1. The summed E-state index contributed by atoms with van der Waals surface area (Å²) in [4.78, 5) is 17.9. The molecule has 0 aromatic heterocycles. The highest BCUT2D eigenvalue weighted by atomic mass is 16.7. The Morgan fingerprint density at radius 3 is 2.57 bits per heavy atom. The maximum atomic E-state index is 13.2. The Labute approximate surface area is 179 Å². The van der Waals surface area contributed by atoms with Crippen LogP contribution in [0.2, 0.25) is 0 Å². The zero-order valence-electron chi connectivity index (χ0n) is 18.2. The summed E-state index contributed by atoms with van der Waals surface area (Å²) >= 11 is 0. The molecule has 2 N–H and O–H groups in total. The SMILES string of the molecule is C[C@H](C(=O)N(C)C1(C#N)CCCCC1)[NH+]1CC[NH+](Cc2ccc3c(c2)OCO3)CC1. The van der Waals surface area contributed by atoms with E-state index in [2.05, 4.69) is 18.2 Å². The van der Waals surface area contributed by atoms with Crippen LogP contribution >= 0.6 is 0 Å². The summed E-state index contributed by atoms with van der Waals surface area (Å²) in [6.07, 6.45) is 4.85. The third kappa shape index (κ3) is 4.12. The van der Waals surface area contributed by atoms with Crippen molar-refractivity contribution in [3.05, 3.63) is 23.8 Å². The Morgan fingerprint density at radius 1 is 1.17 bits per heavy atom. The van der Waals surface area contributed by atoms with Gasteiger partial charge in [-0.2, -0.15) is 5.26 Å². The number of carbonyl (C=O) groups excluding carboxylic acids is 1. The number of carbonyl (C=O) groups is 1. The number of hydrogen-bond acceptors (Lipinski definition) is 4. The van der Waals surface area contributed by atoms with Crippen molar-refractivity contribution in [3.8, 4) is 17.6 Å². The molecule has 0 radical (unpaired) electrons. The van der Waals surface area contributed by atoms with Gasteiger partial charge >= 0.3 is 0 Å². The lowest BCUT2D eigenvalue weighted by Crippen LogP contribution is -3.29. The van der Waals surface area contributed by atoms with Crippen molar-refractivity contribution in [2.24, 2.45) is 0 Å². The Balaban J connectivity index is 1.31. The van der Waals surface area contributed by atoms with E-state index in [0.29, 0.717) is 6.79 Å². The van der Waals surface area contributed by atoms with Gasteiger partial charge in [0.1, 0.15) is 38.3 Å². The Bertz CT molecular complexity index is 807. The molecule has 7 heteroatoms. The van der Waals surface area contributed by atoms with Crippen LogP contribution in [0.4, 0.5) is 0 Å². The fourth-order valence-electron chi connectivity index (χ4n) is 5.21. The van der Waals surface area contributed by atoms with Gasteiger partial charge < -0.3 is 24.2 Å². The molecule has 1 aliphatic carbocycles. The first-order valence-electron chi connectivity index (χ1n) is 11.3. The normalized spacial score (nSPS) is 25.9. The highest BCUT2D eigenvalue weighted by Gasteiger charge is 2.42. The topological polar surface area (TPSA) is 71.4 Å². The maximum Gasteiger partial charge on any atom is 0.281 e. The molecule has 0 unspecified atom stereocenters. The minimum Gasteiger partial charge on any atom is -0.454 e. The molecule has 0 spiro atoms. The molecule has 4 rings (SSSR count). The van der Waals surface area contributed by atoms with Gasteiger partial charge in [0, 0.05) is 12.6 Å². The number of rotatable bonds is 5. The minimum atomic E-state index is -0.602. The highest BCUT2D eigenvalue weighted by Crippen LogP contribution is 2.33. The molecular weight excluding hydrogens is 380 g/mol. The van der Waals surface area contributed by atoms with E-state index in [0.717, 1.165) is 69.9 Å². The van der Waals surface area contributed by atoms with Crippen LogP contribution in [-0.2, 0) is 11.3 Å². The number of likely N-dealkylation sites (N-methyl/N-ethyl adjacent to an activating group) is 1. The maximum absolute atomic E-state index is 13.2. The van der Waals surface area contributed by atoms with Crippen molar-refractivity contribution in [1.29, 1.82) is 5.26 Å². The van der Waals surface area contributed by atoms with Crippen LogP contribution in [0.5, 0.6) is 11.5 Å². The summed E-state index contributed by atoms with van der Waals surface area (Å²) in [6, 6.07) is 8.57. The van der Waals surface area contributed by atoms with Gasteiger partial charge in [-0.3, -0.25) is 4.79 Å². The van der Waals surface area contributed by atoms with Crippen molar-refractivity contribution < 1.29 is 24.1 Å². The number of nitrogens with one attached hydrogen (secondary N) is 2. The first-order valence-corrected chi connectivity index (χ1v) is 11.3. The van der Waals surface area contributed by atoms with Gasteiger partial charge in [-0.1, -0.05) is 19.3 Å². The van der Waals surface area contributed by atoms with Gasteiger partial charge in [-0.15, -0.1) is 0 Å². The zero-order chi connectivity index (χ0) is 21.1. The number of fused-ring (bicyclic) bond motifs is 1. The van der Waals surface area contributed by atoms with E-state index in [-0.39, 0.29) is 11.9 Å².